The lowest BCUT2D eigenvalue weighted by Gasteiger charge is -2.44. The molecule has 18 heavy (non-hydrogen) atoms. The molecule has 4 heteroatoms. The van der Waals surface area contributed by atoms with Gasteiger partial charge in [-0.05, 0) is 45.5 Å². The molecule has 0 aromatic heterocycles. The highest BCUT2D eigenvalue weighted by molar-refractivity contribution is 9.10. The van der Waals surface area contributed by atoms with Crippen LogP contribution in [0.2, 0.25) is 0 Å². The van der Waals surface area contributed by atoms with Crippen LogP contribution in [0.1, 0.15) is 19.4 Å². The Balaban J connectivity index is 2.29. The molecule has 1 heterocycles. The van der Waals surface area contributed by atoms with Crippen LogP contribution in [0.3, 0.4) is 0 Å². The Morgan fingerprint density at radius 1 is 1.22 bits per heavy atom. The van der Waals surface area contributed by atoms with Crippen molar-refractivity contribution in [2.75, 3.05) is 30.8 Å². The summed E-state index contributed by atoms with van der Waals surface area (Å²) in [4.78, 5) is 4.84. The van der Waals surface area contributed by atoms with Crippen LogP contribution in [0.4, 0.5) is 11.4 Å². The topological polar surface area (TPSA) is 32.5 Å². The maximum atomic E-state index is 6.16. The van der Waals surface area contributed by atoms with Crippen molar-refractivity contribution >= 4 is 27.3 Å². The number of halogens is 1. The molecule has 0 amide bonds. The Labute approximate surface area is 118 Å². The summed E-state index contributed by atoms with van der Waals surface area (Å²) in [6, 6.07) is 5.30. The number of hydrogen-bond acceptors (Lipinski definition) is 3. The Morgan fingerprint density at radius 2 is 1.78 bits per heavy atom. The molecule has 1 saturated heterocycles. The lowest BCUT2D eigenvalue weighted by molar-refractivity contribution is 0.170. The van der Waals surface area contributed by atoms with Crippen molar-refractivity contribution < 1.29 is 0 Å². The van der Waals surface area contributed by atoms with Crippen LogP contribution in [-0.2, 0) is 0 Å². The fourth-order valence-corrected chi connectivity index (χ4v) is 2.92. The van der Waals surface area contributed by atoms with Gasteiger partial charge in [-0.3, -0.25) is 4.90 Å². The molecule has 1 aliphatic rings. The monoisotopic (exact) mass is 311 g/mol. The fraction of sp³-hybridized carbons (Fsp3) is 0.571. The van der Waals surface area contributed by atoms with Gasteiger partial charge in [0.2, 0.25) is 0 Å². The zero-order valence-electron chi connectivity index (χ0n) is 11.6. The Morgan fingerprint density at radius 3 is 2.33 bits per heavy atom. The molecule has 1 aliphatic heterocycles. The third-order valence-corrected chi connectivity index (χ3v) is 4.86. The minimum absolute atomic E-state index is 0.553. The van der Waals surface area contributed by atoms with Crippen LogP contribution < -0.4 is 10.6 Å². The summed E-state index contributed by atoms with van der Waals surface area (Å²) in [7, 11) is 2.20. The number of piperazine rings is 1. The van der Waals surface area contributed by atoms with Gasteiger partial charge in [0.1, 0.15) is 0 Å². The van der Waals surface area contributed by atoms with E-state index in [0.717, 1.165) is 23.2 Å². The highest BCUT2D eigenvalue weighted by Gasteiger charge is 2.27. The number of nitrogen functional groups attached to an aromatic ring is 1. The SMILES string of the molecule is Cc1cc(N2C[C@@H](C)N(C)[C@@H](C)C2)c(N)cc1Br. The molecule has 3 nitrogen and oxygen atoms in total. The second-order valence-corrected chi connectivity index (χ2v) is 6.28. The molecule has 2 rings (SSSR count). The van der Waals surface area contributed by atoms with E-state index in [0.29, 0.717) is 12.1 Å². The molecular weight excluding hydrogens is 290 g/mol. The van der Waals surface area contributed by atoms with Gasteiger partial charge in [0.15, 0.2) is 0 Å². The highest BCUT2D eigenvalue weighted by Crippen LogP contribution is 2.32. The standard InChI is InChI=1S/C14H22BrN3/c1-9-5-14(13(16)6-12(9)15)18-7-10(2)17(4)11(3)8-18/h5-6,10-11H,7-8,16H2,1-4H3/t10-,11+. The van der Waals surface area contributed by atoms with Crippen LogP contribution in [0.25, 0.3) is 0 Å². The summed E-state index contributed by atoms with van der Waals surface area (Å²) in [5, 5.41) is 0. The molecule has 0 saturated carbocycles. The first kappa shape index (κ1) is 13.7. The average molecular weight is 312 g/mol. The number of hydrogen-bond donors (Lipinski definition) is 1. The van der Waals surface area contributed by atoms with E-state index < -0.39 is 0 Å². The number of nitrogens with two attached hydrogens (primary N) is 1. The van der Waals surface area contributed by atoms with E-state index in [-0.39, 0.29) is 0 Å². The van der Waals surface area contributed by atoms with Gasteiger partial charge in [0, 0.05) is 29.6 Å². The maximum absolute atomic E-state index is 6.16. The molecular formula is C14H22BrN3. The van der Waals surface area contributed by atoms with Crippen LogP contribution >= 0.6 is 15.9 Å². The van der Waals surface area contributed by atoms with E-state index in [9.17, 15) is 0 Å². The average Bonchev–Trinajstić information content (AvgIpc) is 2.30. The minimum Gasteiger partial charge on any atom is -0.397 e. The maximum Gasteiger partial charge on any atom is 0.0604 e. The van der Waals surface area contributed by atoms with Crippen molar-refractivity contribution in [3.63, 3.8) is 0 Å². The Kier molecular flexibility index (Phi) is 3.87. The van der Waals surface area contributed by atoms with E-state index in [2.05, 4.69) is 59.6 Å². The van der Waals surface area contributed by atoms with Crippen molar-refractivity contribution in [2.45, 2.75) is 32.9 Å². The van der Waals surface area contributed by atoms with E-state index in [1.54, 1.807) is 0 Å². The Hall–Kier alpha value is -0.740. The summed E-state index contributed by atoms with van der Waals surface area (Å²) < 4.78 is 1.08. The Bertz CT molecular complexity index is 435. The third-order valence-electron chi connectivity index (χ3n) is 4.01. The van der Waals surface area contributed by atoms with Gasteiger partial charge in [-0.1, -0.05) is 15.9 Å². The summed E-state index contributed by atoms with van der Waals surface area (Å²) >= 11 is 3.53. The molecule has 1 aromatic carbocycles. The fourth-order valence-electron chi connectivity index (χ4n) is 2.56. The zero-order valence-corrected chi connectivity index (χ0v) is 13.2. The summed E-state index contributed by atoms with van der Waals surface area (Å²) in [6.45, 7) is 8.71. The third kappa shape index (κ3) is 2.50. The second kappa shape index (κ2) is 5.10. The van der Waals surface area contributed by atoms with Crippen molar-refractivity contribution in [1.82, 2.24) is 4.90 Å². The first-order valence-corrected chi connectivity index (χ1v) is 7.22. The summed E-state index contributed by atoms with van der Waals surface area (Å²) in [5.41, 5.74) is 9.42. The van der Waals surface area contributed by atoms with Gasteiger partial charge in [-0.2, -0.15) is 0 Å². The molecule has 0 unspecified atom stereocenters. The quantitative estimate of drug-likeness (QED) is 0.809. The van der Waals surface area contributed by atoms with Crippen molar-refractivity contribution in [3.05, 3.63) is 22.2 Å². The predicted molar refractivity (Wildman–Crippen MR) is 82.2 cm³/mol. The number of likely N-dealkylation sites (N-methyl/N-ethyl adjacent to an activating group) is 1. The highest BCUT2D eigenvalue weighted by atomic mass is 79.9. The summed E-state index contributed by atoms with van der Waals surface area (Å²) in [6.07, 6.45) is 0. The van der Waals surface area contributed by atoms with Gasteiger partial charge < -0.3 is 10.6 Å². The normalized spacial score (nSPS) is 25.5. The van der Waals surface area contributed by atoms with Gasteiger partial charge >= 0.3 is 0 Å². The smallest absolute Gasteiger partial charge is 0.0604 e. The van der Waals surface area contributed by atoms with Crippen LogP contribution in [-0.4, -0.2) is 37.1 Å². The van der Waals surface area contributed by atoms with E-state index in [1.165, 1.54) is 11.3 Å². The largest absolute Gasteiger partial charge is 0.397 e. The first-order chi connectivity index (χ1) is 8.40. The van der Waals surface area contributed by atoms with Gasteiger partial charge in [0.25, 0.3) is 0 Å². The van der Waals surface area contributed by atoms with Gasteiger partial charge in [-0.15, -0.1) is 0 Å². The summed E-state index contributed by atoms with van der Waals surface area (Å²) in [5.74, 6) is 0. The zero-order chi connectivity index (χ0) is 13.4. The molecule has 100 valence electrons. The molecule has 0 bridgehead atoms. The second-order valence-electron chi connectivity index (χ2n) is 5.43. The van der Waals surface area contributed by atoms with Crippen LogP contribution in [0, 0.1) is 6.92 Å². The number of benzene rings is 1. The lowest BCUT2D eigenvalue weighted by Crippen LogP contribution is -2.55. The lowest BCUT2D eigenvalue weighted by atomic mass is 10.1. The van der Waals surface area contributed by atoms with Gasteiger partial charge in [-0.25, -0.2) is 0 Å². The first-order valence-electron chi connectivity index (χ1n) is 6.42. The molecule has 1 aromatic rings. The molecule has 0 spiro atoms. The molecule has 1 fully saturated rings. The molecule has 2 atom stereocenters. The number of nitrogens with zero attached hydrogens (tertiary/aromatic N) is 2. The van der Waals surface area contributed by atoms with Crippen molar-refractivity contribution in [1.29, 1.82) is 0 Å². The minimum atomic E-state index is 0.553. The van der Waals surface area contributed by atoms with Crippen molar-refractivity contribution in [2.24, 2.45) is 0 Å². The van der Waals surface area contributed by atoms with E-state index >= 15 is 0 Å². The van der Waals surface area contributed by atoms with E-state index in [1.807, 2.05) is 6.07 Å². The van der Waals surface area contributed by atoms with Gasteiger partial charge in [0.05, 0.1) is 11.4 Å². The molecule has 2 N–H and O–H groups in total. The number of anilines is 2. The number of rotatable bonds is 1. The van der Waals surface area contributed by atoms with E-state index in [4.69, 9.17) is 5.73 Å². The molecule has 0 radical (unpaired) electrons. The van der Waals surface area contributed by atoms with Crippen molar-refractivity contribution in [3.8, 4) is 0 Å². The molecule has 0 aliphatic carbocycles. The van der Waals surface area contributed by atoms with Crippen LogP contribution in [0.5, 0.6) is 0 Å². The van der Waals surface area contributed by atoms with Crippen LogP contribution in [0.15, 0.2) is 16.6 Å². The predicted octanol–water partition coefficient (Wildman–Crippen LogP) is 2.87. The number of aryl methyl sites for hydroxylation is 1.